The van der Waals surface area contributed by atoms with Crippen LogP contribution in [-0.2, 0) is 30.7 Å². The lowest BCUT2D eigenvalue weighted by Gasteiger charge is -2.31. The fraction of sp³-hybridized carbons (Fsp3) is 0.447. The predicted octanol–water partition coefficient (Wildman–Crippen LogP) is 3.41. The fourth-order valence-electron chi connectivity index (χ4n) is 6.40. The van der Waals surface area contributed by atoms with E-state index in [0.29, 0.717) is 36.0 Å². The molecule has 5 atom stereocenters. The first-order chi connectivity index (χ1) is 26.6. The molecule has 294 valence electrons. The van der Waals surface area contributed by atoms with Crippen molar-refractivity contribution in [3.8, 4) is 29.2 Å². The highest BCUT2D eigenvalue weighted by Crippen LogP contribution is 2.35. The Morgan fingerprint density at radius 2 is 1.82 bits per heavy atom. The maximum Gasteiger partial charge on any atom is 0.407 e. The van der Waals surface area contributed by atoms with E-state index in [0.717, 1.165) is 5.56 Å². The van der Waals surface area contributed by atoms with Gasteiger partial charge in [0.25, 0.3) is 0 Å². The average Bonchev–Trinajstić information content (AvgIpc) is 3.93. The van der Waals surface area contributed by atoms with Gasteiger partial charge < -0.3 is 48.9 Å². The number of nitrogens with one attached hydrogen (secondary N) is 2. The lowest BCUT2D eigenvalue weighted by molar-refractivity contribution is -0.0907. The minimum absolute atomic E-state index is 0.00740. The van der Waals surface area contributed by atoms with E-state index >= 15 is 0 Å². The molecular weight excluding hydrogens is 735 g/mol. The van der Waals surface area contributed by atoms with Gasteiger partial charge in [-0.1, -0.05) is 44.2 Å². The molecule has 16 nitrogen and oxygen atoms in total. The number of alkyl carbamates (subject to hydrolysis) is 1. The van der Waals surface area contributed by atoms with Crippen LogP contribution in [0.4, 0.5) is 4.79 Å². The van der Waals surface area contributed by atoms with Crippen LogP contribution in [0.25, 0.3) is 0 Å². The van der Waals surface area contributed by atoms with Crippen molar-refractivity contribution in [1.29, 1.82) is 5.26 Å². The predicted molar refractivity (Wildman–Crippen MR) is 197 cm³/mol. The number of amides is 1. The van der Waals surface area contributed by atoms with Crippen LogP contribution in [0.3, 0.4) is 0 Å². The molecule has 1 amide bonds. The summed E-state index contributed by atoms with van der Waals surface area (Å²) in [4.78, 5) is 17.0. The van der Waals surface area contributed by atoms with E-state index in [9.17, 15) is 18.3 Å². The zero-order valence-electron chi connectivity index (χ0n) is 30.5. The normalized spacial score (nSPS) is 20.1. The minimum Gasteiger partial charge on any atom is -0.492 e. The Kier molecular flexibility index (Phi) is 13.3. The molecule has 2 saturated heterocycles. The highest BCUT2D eigenvalue weighted by Gasteiger charge is 2.44. The van der Waals surface area contributed by atoms with Gasteiger partial charge in [-0.05, 0) is 60.7 Å². The first-order valence-corrected chi connectivity index (χ1v) is 19.5. The van der Waals surface area contributed by atoms with E-state index in [1.807, 2.05) is 19.9 Å². The number of carbonyl (C=O) groups is 1. The second kappa shape index (κ2) is 18.5. The molecule has 0 aromatic heterocycles. The van der Waals surface area contributed by atoms with Crippen LogP contribution in [0, 0.1) is 23.3 Å². The van der Waals surface area contributed by atoms with Gasteiger partial charge in [-0.3, -0.25) is 0 Å². The summed E-state index contributed by atoms with van der Waals surface area (Å²) in [5.41, 5.74) is 0.733. The van der Waals surface area contributed by atoms with Crippen molar-refractivity contribution in [2.75, 3.05) is 46.2 Å². The van der Waals surface area contributed by atoms with Crippen LogP contribution in [0.15, 0.2) is 82.7 Å². The molecule has 55 heavy (non-hydrogen) atoms. The maximum atomic E-state index is 14.0. The topological polar surface area (TPSA) is 199 Å². The molecule has 0 saturated carbocycles. The number of ether oxygens (including phenoxy) is 7. The second-order valence-corrected chi connectivity index (χ2v) is 15.5. The van der Waals surface area contributed by atoms with Gasteiger partial charge in [0.2, 0.25) is 23.0 Å². The van der Waals surface area contributed by atoms with Gasteiger partial charge in [-0.15, -0.1) is 4.99 Å². The number of nitriles is 1. The van der Waals surface area contributed by atoms with Crippen molar-refractivity contribution < 1.29 is 51.5 Å². The number of nitrogens with zero attached hydrogens (tertiary/aromatic N) is 3. The summed E-state index contributed by atoms with van der Waals surface area (Å²) in [6.07, 6.45) is -0.507. The lowest BCUT2D eigenvalue weighted by Crippen LogP contribution is -2.51. The maximum absolute atomic E-state index is 14.0. The highest BCUT2D eigenvalue weighted by molar-refractivity contribution is 7.89. The van der Waals surface area contributed by atoms with Gasteiger partial charge in [0.1, 0.15) is 24.2 Å². The van der Waals surface area contributed by atoms with E-state index in [4.69, 9.17) is 38.4 Å². The number of benzene rings is 3. The first-order valence-electron chi connectivity index (χ1n) is 18.0. The van der Waals surface area contributed by atoms with Gasteiger partial charge >= 0.3 is 12.1 Å². The Labute approximate surface area is 319 Å². The SMILES string of the molecule is CC(C)CN(C[C@@H](O)[C@H](Cc1ccc(OCCN/C(=N/C#N)Oc2ccccc2)cc1)NC(=O)O[C@H]1CO[C@H]2OCC[C@H]21)S(=O)(=O)c1ccc2c(c1)OCO2. The molecule has 17 heteroatoms. The standard InChI is InChI=1S/C38H45N5O11S/c1-25(2)20-43(55(46,47)29-12-13-33-34(19-29)52-24-51-33)21-32(44)31(42-38(45)54-35-22-50-36-30(35)14-16-49-36)18-26-8-10-27(11-9-26)48-17-15-40-37(41-23-39)53-28-6-4-3-5-7-28/h3-13,19,25,30-32,35-36,44H,14-18,20-22,24H2,1-2H3,(H,40,41)(H,42,45)/t30-,31-,32+,35-,36+/m0/s1. The number of aliphatic imine (C=N–C) groups is 1. The Bertz CT molecular complexity index is 1920. The number of rotatable bonds is 16. The molecule has 3 N–H and O–H groups in total. The molecule has 0 aliphatic carbocycles. The Morgan fingerprint density at radius 1 is 1.04 bits per heavy atom. The van der Waals surface area contributed by atoms with Gasteiger partial charge in [0.15, 0.2) is 17.8 Å². The summed E-state index contributed by atoms with van der Waals surface area (Å²) in [6.45, 7) is 4.75. The monoisotopic (exact) mass is 779 g/mol. The number of carbonyl (C=O) groups excluding carboxylic acids is 1. The van der Waals surface area contributed by atoms with Crippen molar-refractivity contribution in [3.05, 3.63) is 78.4 Å². The van der Waals surface area contributed by atoms with Crippen molar-refractivity contribution in [3.63, 3.8) is 0 Å². The molecule has 0 unspecified atom stereocenters. The average molecular weight is 780 g/mol. The number of aliphatic hydroxyl groups is 1. The number of amidine groups is 1. The number of hydrogen-bond donors (Lipinski definition) is 3. The number of fused-ring (bicyclic) bond motifs is 2. The summed E-state index contributed by atoms with van der Waals surface area (Å²) < 4.78 is 68.3. The van der Waals surface area contributed by atoms with Crippen LogP contribution in [0.5, 0.6) is 23.0 Å². The summed E-state index contributed by atoms with van der Waals surface area (Å²) in [7, 11) is -4.11. The Hall–Kier alpha value is -5.12. The molecule has 0 spiro atoms. The number of sulfonamides is 1. The molecular formula is C38H45N5O11S. The van der Waals surface area contributed by atoms with E-state index in [1.165, 1.54) is 22.5 Å². The number of aliphatic hydroxyl groups excluding tert-OH is 1. The van der Waals surface area contributed by atoms with Crippen LogP contribution in [-0.4, -0.2) is 101 Å². The Morgan fingerprint density at radius 3 is 2.58 bits per heavy atom. The van der Waals surface area contributed by atoms with Crippen LogP contribution in [0.2, 0.25) is 0 Å². The Balaban J connectivity index is 1.11. The zero-order chi connectivity index (χ0) is 38.8. The van der Waals surface area contributed by atoms with Crippen molar-refractivity contribution in [1.82, 2.24) is 14.9 Å². The lowest BCUT2D eigenvalue weighted by atomic mass is 10.0. The van der Waals surface area contributed by atoms with Gasteiger partial charge in [0.05, 0.1) is 42.7 Å². The zero-order valence-corrected chi connectivity index (χ0v) is 31.4. The smallest absolute Gasteiger partial charge is 0.407 e. The summed E-state index contributed by atoms with van der Waals surface area (Å²) in [5, 5.41) is 26.5. The van der Waals surface area contributed by atoms with E-state index in [1.54, 1.807) is 54.7 Å². The van der Waals surface area contributed by atoms with E-state index in [-0.39, 0.29) is 68.8 Å². The van der Waals surface area contributed by atoms with Crippen molar-refractivity contribution >= 4 is 22.1 Å². The molecule has 3 aliphatic heterocycles. The number of para-hydroxylation sites is 1. The van der Waals surface area contributed by atoms with Crippen LogP contribution in [0.1, 0.15) is 25.8 Å². The first kappa shape index (κ1) is 39.6. The van der Waals surface area contributed by atoms with Gasteiger partial charge in [-0.2, -0.15) is 9.57 Å². The largest absolute Gasteiger partial charge is 0.492 e. The molecule has 0 bridgehead atoms. The van der Waals surface area contributed by atoms with Crippen molar-refractivity contribution in [2.45, 2.75) is 56.1 Å². The quantitative estimate of drug-likeness (QED) is 0.0828. The van der Waals surface area contributed by atoms with E-state index < -0.39 is 40.7 Å². The molecule has 6 rings (SSSR count). The van der Waals surface area contributed by atoms with Crippen molar-refractivity contribution in [2.24, 2.45) is 16.8 Å². The molecule has 2 fully saturated rings. The molecule has 3 aliphatic rings. The van der Waals surface area contributed by atoms with E-state index in [2.05, 4.69) is 15.6 Å². The molecule has 0 radical (unpaired) electrons. The summed E-state index contributed by atoms with van der Waals surface area (Å²) in [6, 6.07) is 19.5. The van der Waals surface area contributed by atoms with Crippen LogP contribution >= 0.6 is 0 Å². The third kappa shape index (κ3) is 10.6. The summed E-state index contributed by atoms with van der Waals surface area (Å²) >= 11 is 0. The molecule has 3 aromatic rings. The fourth-order valence-corrected chi connectivity index (χ4v) is 8.04. The van der Waals surface area contributed by atoms with Gasteiger partial charge in [-0.25, -0.2) is 13.2 Å². The second-order valence-electron chi connectivity index (χ2n) is 13.6. The summed E-state index contributed by atoms with van der Waals surface area (Å²) in [5.74, 6) is 1.66. The number of hydrogen-bond acceptors (Lipinski definition) is 13. The van der Waals surface area contributed by atoms with Crippen LogP contribution < -0.4 is 29.6 Å². The molecule has 3 heterocycles. The molecule has 3 aromatic carbocycles. The van der Waals surface area contributed by atoms with Gasteiger partial charge in [0, 0.05) is 19.2 Å². The highest BCUT2D eigenvalue weighted by atomic mass is 32.2. The third-order valence-corrected chi connectivity index (χ3v) is 10.9. The minimum atomic E-state index is -4.11. The third-order valence-electron chi connectivity index (χ3n) is 9.09.